The van der Waals surface area contributed by atoms with E-state index < -0.39 is 4.92 Å². The van der Waals surface area contributed by atoms with E-state index in [0.717, 1.165) is 0 Å². The van der Waals surface area contributed by atoms with Crippen LogP contribution >= 0.6 is 0 Å². The van der Waals surface area contributed by atoms with Crippen molar-refractivity contribution in [2.75, 3.05) is 18.9 Å². The predicted octanol–water partition coefficient (Wildman–Crippen LogP) is 1.50. The minimum atomic E-state index is -0.513. The third kappa shape index (κ3) is 2.85. The summed E-state index contributed by atoms with van der Waals surface area (Å²) in [6.45, 7) is 0.510. The summed E-state index contributed by atoms with van der Waals surface area (Å²) in [7, 11) is 1.71. The van der Waals surface area contributed by atoms with Gasteiger partial charge in [-0.2, -0.15) is 5.26 Å². The molecule has 0 bridgehead atoms. The minimum Gasteiger partial charge on any atom is -0.375 e. The molecule has 2 rings (SSSR count). The molecule has 7 heteroatoms. The Morgan fingerprint density at radius 2 is 2.30 bits per heavy atom. The van der Waals surface area contributed by atoms with E-state index in [1.807, 2.05) is 6.07 Å². The molecule has 1 fully saturated rings. The lowest BCUT2D eigenvalue weighted by atomic mass is 10.0. The van der Waals surface area contributed by atoms with Gasteiger partial charge in [0.1, 0.15) is 5.69 Å². The normalized spacial score (nSPS) is 18.5. The third-order valence-corrected chi connectivity index (χ3v) is 3.31. The zero-order valence-electron chi connectivity index (χ0n) is 11.0. The number of carbonyl (C=O) groups is 1. The van der Waals surface area contributed by atoms with Gasteiger partial charge >= 0.3 is 0 Å². The molecule has 0 aliphatic carbocycles. The van der Waals surface area contributed by atoms with Crippen molar-refractivity contribution in [2.45, 2.75) is 18.9 Å². The highest BCUT2D eigenvalue weighted by Crippen LogP contribution is 2.27. The number of carbonyl (C=O) groups excluding carboxylic acids is 1. The number of rotatable bonds is 3. The molecule has 1 aliphatic rings. The zero-order chi connectivity index (χ0) is 14.7. The van der Waals surface area contributed by atoms with Crippen molar-refractivity contribution in [3.8, 4) is 6.07 Å². The molecule has 1 N–H and O–H groups in total. The molecule has 0 aromatic heterocycles. The molecule has 0 radical (unpaired) electrons. The summed E-state index contributed by atoms with van der Waals surface area (Å²) in [6.07, 6.45) is 1.07. The number of piperidine rings is 1. The number of nitro benzene ring substituents is 1. The quantitative estimate of drug-likeness (QED) is 0.665. The van der Waals surface area contributed by atoms with E-state index in [2.05, 4.69) is 5.32 Å². The van der Waals surface area contributed by atoms with Crippen molar-refractivity contribution >= 4 is 17.3 Å². The predicted molar refractivity (Wildman–Crippen MR) is 72.1 cm³/mol. The van der Waals surface area contributed by atoms with Gasteiger partial charge in [-0.15, -0.1) is 0 Å². The van der Waals surface area contributed by atoms with E-state index in [1.54, 1.807) is 11.9 Å². The van der Waals surface area contributed by atoms with E-state index in [-0.39, 0.29) is 23.2 Å². The summed E-state index contributed by atoms with van der Waals surface area (Å²) < 4.78 is 0. The van der Waals surface area contributed by atoms with Crippen LogP contribution in [0.15, 0.2) is 18.2 Å². The molecule has 1 aromatic carbocycles. The maximum atomic E-state index is 11.4. The van der Waals surface area contributed by atoms with Crippen molar-refractivity contribution in [1.82, 2.24) is 4.90 Å². The first kappa shape index (κ1) is 13.8. The van der Waals surface area contributed by atoms with Crippen LogP contribution < -0.4 is 5.32 Å². The minimum absolute atomic E-state index is 0.0238. The average molecular weight is 274 g/mol. The molecule has 1 atom stereocenters. The van der Waals surface area contributed by atoms with Crippen molar-refractivity contribution in [1.29, 1.82) is 5.26 Å². The van der Waals surface area contributed by atoms with Gasteiger partial charge in [0, 0.05) is 32.1 Å². The van der Waals surface area contributed by atoms with E-state index in [4.69, 9.17) is 5.26 Å². The number of likely N-dealkylation sites (tertiary alicyclic amines) is 1. The SMILES string of the molecule is CN1CC(Nc2ccc(C#N)cc2[N+](=O)[O-])CCC1=O. The highest BCUT2D eigenvalue weighted by Gasteiger charge is 2.25. The van der Waals surface area contributed by atoms with Gasteiger partial charge in [0.15, 0.2) is 0 Å². The Hall–Kier alpha value is -2.62. The van der Waals surface area contributed by atoms with Crippen molar-refractivity contribution < 1.29 is 9.72 Å². The molecular weight excluding hydrogens is 260 g/mol. The maximum absolute atomic E-state index is 11.4. The van der Waals surface area contributed by atoms with Gasteiger partial charge in [-0.25, -0.2) is 0 Å². The fourth-order valence-electron chi connectivity index (χ4n) is 2.22. The molecule has 1 amide bonds. The number of benzene rings is 1. The monoisotopic (exact) mass is 274 g/mol. The lowest BCUT2D eigenvalue weighted by molar-refractivity contribution is -0.384. The van der Waals surface area contributed by atoms with Gasteiger partial charge in [-0.05, 0) is 18.6 Å². The molecule has 1 saturated heterocycles. The Morgan fingerprint density at radius 1 is 1.55 bits per heavy atom. The summed E-state index contributed by atoms with van der Waals surface area (Å²) in [6, 6.07) is 6.18. The fraction of sp³-hybridized carbons (Fsp3) is 0.385. The number of likely N-dealkylation sites (N-methyl/N-ethyl adjacent to an activating group) is 1. The zero-order valence-corrected chi connectivity index (χ0v) is 11.0. The van der Waals surface area contributed by atoms with Gasteiger partial charge in [0.05, 0.1) is 16.6 Å². The van der Waals surface area contributed by atoms with Crippen LogP contribution in [0.25, 0.3) is 0 Å². The molecule has 1 unspecified atom stereocenters. The lowest BCUT2D eigenvalue weighted by Crippen LogP contribution is -2.43. The van der Waals surface area contributed by atoms with Crippen molar-refractivity contribution in [3.63, 3.8) is 0 Å². The number of anilines is 1. The molecule has 0 spiro atoms. The van der Waals surface area contributed by atoms with Gasteiger partial charge in [-0.3, -0.25) is 14.9 Å². The van der Waals surface area contributed by atoms with Crippen molar-refractivity contribution in [2.24, 2.45) is 0 Å². The largest absolute Gasteiger partial charge is 0.375 e. The Bertz CT molecular complexity index is 594. The first-order chi connectivity index (χ1) is 9.51. The second-order valence-electron chi connectivity index (χ2n) is 4.76. The number of nitriles is 1. The van der Waals surface area contributed by atoms with Gasteiger partial charge in [-0.1, -0.05) is 0 Å². The number of nitro groups is 1. The number of nitrogens with one attached hydrogen (secondary N) is 1. The molecule has 20 heavy (non-hydrogen) atoms. The van der Waals surface area contributed by atoms with Crippen LogP contribution in [0, 0.1) is 21.4 Å². The molecule has 0 saturated carbocycles. The molecule has 1 aliphatic heterocycles. The molecule has 1 aromatic rings. The van der Waals surface area contributed by atoms with Gasteiger partial charge in [0.2, 0.25) is 5.91 Å². The Labute approximate surface area is 115 Å². The molecular formula is C13H14N4O3. The first-order valence-electron chi connectivity index (χ1n) is 6.20. The van der Waals surface area contributed by atoms with Gasteiger partial charge < -0.3 is 10.2 Å². The fourth-order valence-corrected chi connectivity index (χ4v) is 2.22. The summed E-state index contributed by atoms with van der Waals surface area (Å²) in [5.74, 6) is 0.0809. The lowest BCUT2D eigenvalue weighted by Gasteiger charge is -2.30. The van der Waals surface area contributed by atoms with E-state index in [1.165, 1.54) is 18.2 Å². The Balaban J connectivity index is 2.19. The third-order valence-electron chi connectivity index (χ3n) is 3.31. The summed E-state index contributed by atoms with van der Waals surface area (Å²) in [5.41, 5.74) is 0.503. The van der Waals surface area contributed by atoms with Gasteiger partial charge in [0.25, 0.3) is 5.69 Å². The van der Waals surface area contributed by atoms with Crippen LogP contribution in [-0.2, 0) is 4.79 Å². The summed E-state index contributed by atoms with van der Waals surface area (Å²) in [5, 5.41) is 22.9. The Morgan fingerprint density at radius 3 is 2.90 bits per heavy atom. The van der Waals surface area contributed by atoms with Crippen LogP contribution in [0.5, 0.6) is 0 Å². The molecule has 7 nitrogen and oxygen atoms in total. The highest BCUT2D eigenvalue weighted by atomic mass is 16.6. The maximum Gasteiger partial charge on any atom is 0.293 e. The van der Waals surface area contributed by atoms with Crippen LogP contribution in [0.1, 0.15) is 18.4 Å². The van der Waals surface area contributed by atoms with Crippen LogP contribution in [0.4, 0.5) is 11.4 Å². The number of hydrogen-bond acceptors (Lipinski definition) is 5. The molecule has 104 valence electrons. The smallest absolute Gasteiger partial charge is 0.293 e. The Kier molecular flexibility index (Phi) is 3.84. The molecule has 1 heterocycles. The standard InChI is InChI=1S/C13H14N4O3/c1-16-8-10(3-5-13(16)18)15-11-4-2-9(7-14)6-12(11)17(19)20/h2,4,6,10,15H,3,5,8H2,1H3. The van der Waals surface area contributed by atoms with Crippen LogP contribution in [0.2, 0.25) is 0 Å². The highest BCUT2D eigenvalue weighted by molar-refractivity contribution is 5.77. The number of hydrogen-bond donors (Lipinski definition) is 1. The second-order valence-corrected chi connectivity index (χ2v) is 4.76. The topological polar surface area (TPSA) is 99.3 Å². The number of nitrogens with zero attached hydrogens (tertiary/aromatic N) is 3. The number of amides is 1. The van der Waals surface area contributed by atoms with E-state index in [0.29, 0.717) is 25.1 Å². The van der Waals surface area contributed by atoms with Crippen LogP contribution in [0.3, 0.4) is 0 Å². The second kappa shape index (κ2) is 5.57. The summed E-state index contributed by atoms with van der Waals surface area (Å²) in [4.78, 5) is 23.5. The van der Waals surface area contributed by atoms with Crippen LogP contribution in [-0.4, -0.2) is 35.4 Å². The van der Waals surface area contributed by atoms with Crippen molar-refractivity contribution in [3.05, 3.63) is 33.9 Å². The average Bonchev–Trinajstić information content (AvgIpc) is 2.43. The first-order valence-corrected chi connectivity index (χ1v) is 6.20. The van der Waals surface area contributed by atoms with E-state index in [9.17, 15) is 14.9 Å². The van der Waals surface area contributed by atoms with E-state index >= 15 is 0 Å². The summed E-state index contributed by atoms with van der Waals surface area (Å²) >= 11 is 0.